The molecule has 1 aliphatic heterocycles. The van der Waals surface area contributed by atoms with Crippen molar-refractivity contribution in [3.05, 3.63) is 34.3 Å². The summed E-state index contributed by atoms with van der Waals surface area (Å²) in [7, 11) is -3.27. The SMILES string of the molecule is CCCS(=O)(=O)N1CCN(C2(CCC(=O)c3ccc(Cl)cc3C)CCC(F)(F)CC2)CC1.Cl. The molecule has 2 aliphatic rings. The van der Waals surface area contributed by atoms with Crippen LogP contribution in [0.4, 0.5) is 8.78 Å². The van der Waals surface area contributed by atoms with E-state index in [-0.39, 0.29) is 43.2 Å². The topological polar surface area (TPSA) is 57.7 Å². The van der Waals surface area contributed by atoms with Crippen LogP contribution in [0.5, 0.6) is 0 Å². The van der Waals surface area contributed by atoms with Crippen LogP contribution in [0.2, 0.25) is 5.02 Å². The Morgan fingerprint density at radius 3 is 2.24 bits per heavy atom. The number of piperazine rings is 1. The summed E-state index contributed by atoms with van der Waals surface area (Å²) in [6, 6.07) is 5.16. The van der Waals surface area contributed by atoms with Crippen LogP contribution in [0.3, 0.4) is 0 Å². The minimum atomic E-state index is -3.27. The molecule has 0 unspecified atom stereocenters. The number of carbonyl (C=O) groups excluding carboxylic acids is 1. The van der Waals surface area contributed by atoms with E-state index in [1.54, 1.807) is 18.2 Å². The molecule has 1 aromatic rings. The smallest absolute Gasteiger partial charge is 0.248 e. The Morgan fingerprint density at radius 2 is 1.70 bits per heavy atom. The average Bonchev–Trinajstić information content (AvgIpc) is 2.73. The largest absolute Gasteiger partial charge is 0.295 e. The molecule has 1 saturated carbocycles. The normalized spacial score (nSPS) is 21.4. The molecule has 0 amide bonds. The van der Waals surface area contributed by atoms with Crippen LogP contribution in [-0.2, 0) is 10.0 Å². The van der Waals surface area contributed by atoms with Gasteiger partial charge < -0.3 is 0 Å². The first-order valence-electron chi connectivity index (χ1n) is 11.4. The quantitative estimate of drug-likeness (QED) is 0.429. The first-order chi connectivity index (χ1) is 15.0. The standard InChI is InChI=1S/C23H33ClF2N2O3S.ClH/c1-3-16-32(30,31)28-14-12-27(13-15-28)22(8-10-23(25,26)11-9-22)7-6-21(29)20-5-4-19(24)17-18(20)2;/h4-5,17H,3,6-16H2,1-2H3;1H. The summed E-state index contributed by atoms with van der Waals surface area (Å²) < 4.78 is 54.3. The Hall–Kier alpha value is -0.800. The Kier molecular flexibility index (Phi) is 9.73. The van der Waals surface area contributed by atoms with Gasteiger partial charge in [0, 0.05) is 61.6 Å². The molecule has 0 atom stereocenters. The number of hydrogen-bond donors (Lipinski definition) is 0. The molecule has 1 aromatic carbocycles. The molecular formula is C23H34Cl2F2N2O3S. The van der Waals surface area contributed by atoms with Crippen LogP contribution in [0.25, 0.3) is 0 Å². The second-order valence-electron chi connectivity index (χ2n) is 9.16. The lowest BCUT2D eigenvalue weighted by atomic mass is 9.74. The van der Waals surface area contributed by atoms with Crippen molar-refractivity contribution in [1.82, 2.24) is 9.21 Å². The van der Waals surface area contributed by atoms with Crippen molar-refractivity contribution in [3.63, 3.8) is 0 Å². The zero-order valence-electron chi connectivity index (χ0n) is 19.3. The number of hydrogen-bond acceptors (Lipinski definition) is 4. The van der Waals surface area contributed by atoms with Crippen molar-refractivity contribution >= 4 is 39.8 Å². The Bertz CT molecular complexity index is 926. The highest BCUT2D eigenvalue weighted by molar-refractivity contribution is 7.89. The molecule has 188 valence electrons. The summed E-state index contributed by atoms with van der Waals surface area (Å²) in [5.41, 5.74) is 0.917. The first kappa shape index (κ1) is 28.4. The molecule has 0 spiro atoms. The van der Waals surface area contributed by atoms with E-state index in [0.29, 0.717) is 62.4 Å². The number of sulfonamides is 1. The minimum Gasteiger partial charge on any atom is -0.295 e. The second-order valence-corrected chi connectivity index (χ2v) is 11.7. The molecule has 0 aromatic heterocycles. The predicted octanol–water partition coefficient (Wildman–Crippen LogP) is 5.34. The minimum absolute atomic E-state index is 0. The molecule has 33 heavy (non-hydrogen) atoms. The summed E-state index contributed by atoms with van der Waals surface area (Å²) in [4.78, 5) is 15.1. The summed E-state index contributed by atoms with van der Waals surface area (Å²) >= 11 is 6.00. The Balaban J connectivity index is 0.00000385. The predicted molar refractivity (Wildman–Crippen MR) is 130 cm³/mol. The lowest BCUT2D eigenvalue weighted by molar-refractivity contribution is -0.0891. The maximum atomic E-state index is 14.0. The van der Waals surface area contributed by atoms with Crippen LogP contribution in [0.1, 0.15) is 67.8 Å². The van der Waals surface area contributed by atoms with Gasteiger partial charge in [-0.05, 0) is 56.4 Å². The van der Waals surface area contributed by atoms with Gasteiger partial charge in [0.15, 0.2) is 5.78 Å². The van der Waals surface area contributed by atoms with E-state index >= 15 is 0 Å². The van der Waals surface area contributed by atoms with Crippen LogP contribution in [-0.4, -0.2) is 66.8 Å². The van der Waals surface area contributed by atoms with E-state index in [1.165, 1.54) is 4.31 Å². The van der Waals surface area contributed by atoms with Crippen LogP contribution >= 0.6 is 24.0 Å². The fourth-order valence-electron chi connectivity index (χ4n) is 5.05. The third-order valence-electron chi connectivity index (χ3n) is 6.98. The second kappa shape index (κ2) is 11.3. The molecule has 0 bridgehead atoms. The average molecular weight is 528 g/mol. The number of rotatable bonds is 8. The molecule has 1 saturated heterocycles. The number of carbonyl (C=O) groups is 1. The van der Waals surface area contributed by atoms with Gasteiger partial charge in [-0.2, -0.15) is 4.31 Å². The lowest BCUT2D eigenvalue weighted by Crippen LogP contribution is -2.60. The Labute approximate surface area is 207 Å². The number of Topliss-reactive ketones (excluding diaryl/α,β-unsaturated/α-hetero) is 1. The summed E-state index contributed by atoms with van der Waals surface area (Å²) in [6.45, 7) is 5.41. The van der Waals surface area contributed by atoms with Crippen molar-refractivity contribution in [2.24, 2.45) is 0 Å². The van der Waals surface area contributed by atoms with Gasteiger partial charge in [0.05, 0.1) is 5.75 Å². The van der Waals surface area contributed by atoms with Crippen molar-refractivity contribution < 1.29 is 22.0 Å². The van der Waals surface area contributed by atoms with Gasteiger partial charge in [0.2, 0.25) is 15.9 Å². The maximum Gasteiger partial charge on any atom is 0.248 e. The van der Waals surface area contributed by atoms with E-state index in [0.717, 1.165) is 5.56 Å². The third-order valence-corrected chi connectivity index (χ3v) is 9.29. The number of benzene rings is 1. The third kappa shape index (κ3) is 6.88. The van der Waals surface area contributed by atoms with Gasteiger partial charge in [0.1, 0.15) is 0 Å². The zero-order chi connectivity index (χ0) is 23.6. The highest BCUT2D eigenvalue weighted by Crippen LogP contribution is 2.44. The molecule has 0 N–H and O–H groups in total. The van der Waals surface area contributed by atoms with E-state index in [2.05, 4.69) is 4.90 Å². The highest BCUT2D eigenvalue weighted by atomic mass is 35.5. The molecule has 10 heteroatoms. The summed E-state index contributed by atoms with van der Waals surface area (Å²) in [5.74, 6) is -2.56. The number of aryl methyl sites for hydroxylation is 1. The van der Waals surface area contributed by atoms with Crippen LogP contribution < -0.4 is 0 Å². The van der Waals surface area contributed by atoms with Crippen molar-refractivity contribution in [3.8, 4) is 0 Å². The van der Waals surface area contributed by atoms with Gasteiger partial charge in [-0.3, -0.25) is 9.69 Å². The molecule has 3 rings (SSSR count). The molecule has 5 nitrogen and oxygen atoms in total. The van der Waals surface area contributed by atoms with Crippen molar-refractivity contribution in [2.45, 2.75) is 70.3 Å². The van der Waals surface area contributed by atoms with E-state index in [9.17, 15) is 22.0 Å². The number of halogens is 4. The monoisotopic (exact) mass is 526 g/mol. The van der Waals surface area contributed by atoms with Crippen LogP contribution in [0.15, 0.2) is 18.2 Å². The van der Waals surface area contributed by atoms with Gasteiger partial charge in [-0.1, -0.05) is 18.5 Å². The lowest BCUT2D eigenvalue weighted by Gasteiger charge is -2.51. The van der Waals surface area contributed by atoms with Gasteiger partial charge in [-0.25, -0.2) is 17.2 Å². The number of nitrogens with zero attached hydrogens (tertiary/aromatic N) is 2. The molecular weight excluding hydrogens is 493 g/mol. The molecule has 1 heterocycles. The van der Waals surface area contributed by atoms with Gasteiger partial charge >= 0.3 is 0 Å². The number of alkyl halides is 2. The molecule has 0 radical (unpaired) electrons. The fraction of sp³-hybridized carbons (Fsp3) is 0.696. The van der Waals surface area contributed by atoms with E-state index in [1.807, 2.05) is 13.8 Å². The molecule has 2 fully saturated rings. The number of ketones is 1. The summed E-state index contributed by atoms with van der Waals surface area (Å²) in [6.07, 6.45) is 1.55. The maximum absolute atomic E-state index is 14.0. The molecule has 1 aliphatic carbocycles. The highest BCUT2D eigenvalue weighted by Gasteiger charge is 2.47. The zero-order valence-corrected chi connectivity index (χ0v) is 21.7. The Morgan fingerprint density at radius 1 is 1.09 bits per heavy atom. The van der Waals surface area contributed by atoms with Crippen LogP contribution in [0, 0.1) is 6.92 Å². The van der Waals surface area contributed by atoms with Crippen molar-refractivity contribution in [1.29, 1.82) is 0 Å². The van der Waals surface area contributed by atoms with Crippen molar-refractivity contribution in [2.75, 3.05) is 31.9 Å². The summed E-state index contributed by atoms with van der Waals surface area (Å²) in [5, 5.41) is 0.570. The van der Waals surface area contributed by atoms with Gasteiger partial charge in [-0.15, -0.1) is 12.4 Å². The van der Waals surface area contributed by atoms with Gasteiger partial charge in [0.25, 0.3) is 0 Å². The first-order valence-corrected chi connectivity index (χ1v) is 13.4. The van der Waals surface area contributed by atoms with E-state index in [4.69, 9.17) is 11.6 Å². The fourth-order valence-corrected chi connectivity index (χ4v) is 6.77. The van der Waals surface area contributed by atoms with E-state index < -0.39 is 21.5 Å².